The van der Waals surface area contributed by atoms with E-state index in [0.29, 0.717) is 17.5 Å². The molecule has 29 heavy (non-hydrogen) atoms. The molecule has 0 spiro atoms. The lowest BCUT2D eigenvalue weighted by atomic mass is 9.82. The number of hydrogen-bond donors (Lipinski definition) is 2. The Hall–Kier alpha value is -3.08. The molecule has 5 heteroatoms. The smallest absolute Gasteiger partial charge is 0.204 e. The van der Waals surface area contributed by atoms with E-state index in [0.717, 1.165) is 18.1 Å². The van der Waals surface area contributed by atoms with Crippen LogP contribution in [0, 0.1) is 11.3 Å². The molecule has 1 aromatic heterocycles. The van der Waals surface area contributed by atoms with E-state index in [9.17, 15) is 19.8 Å². The molecule has 0 fully saturated rings. The summed E-state index contributed by atoms with van der Waals surface area (Å²) in [5.41, 5.74) is 1.66. The van der Waals surface area contributed by atoms with Gasteiger partial charge in [-0.2, -0.15) is 0 Å². The molecular formula is C24H26O5. The second-order valence-corrected chi connectivity index (χ2v) is 8.82. The Morgan fingerprint density at radius 1 is 1.10 bits per heavy atom. The predicted octanol–water partition coefficient (Wildman–Crippen LogP) is 5.06. The summed E-state index contributed by atoms with van der Waals surface area (Å²) >= 11 is 0. The van der Waals surface area contributed by atoms with Crippen LogP contribution in [0.25, 0.3) is 22.1 Å². The van der Waals surface area contributed by atoms with Crippen LogP contribution in [0.2, 0.25) is 0 Å². The van der Waals surface area contributed by atoms with Crippen LogP contribution >= 0.6 is 0 Å². The highest BCUT2D eigenvalue weighted by molar-refractivity contribution is 5.88. The summed E-state index contributed by atoms with van der Waals surface area (Å²) in [4.78, 5) is 25.3. The fourth-order valence-electron chi connectivity index (χ4n) is 3.63. The standard InChI is InChI=1S/C24H26O5/c1-14(12-24(2,3)4)19(26)9-15-5-7-16(8-6-15)18-13-29-21-11-17(25)10-20(27)22(21)23(18)28/h5-8,10-11,13-14,25,27H,9,12H2,1-4H3. The number of Topliss-reactive ketones (excluding diaryl/α,β-unsaturated/α-hetero) is 1. The van der Waals surface area contributed by atoms with Crippen LogP contribution in [-0.4, -0.2) is 16.0 Å². The van der Waals surface area contributed by atoms with Crippen LogP contribution in [0.5, 0.6) is 11.5 Å². The number of phenols is 2. The lowest BCUT2D eigenvalue weighted by Gasteiger charge is -2.22. The van der Waals surface area contributed by atoms with Crippen LogP contribution in [0.1, 0.15) is 39.7 Å². The highest BCUT2D eigenvalue weighted by Gasteiger charge is 2.21. The largest absolute Gasteiger partial charge is 0.508 e. The molecule has 2 aromatic carbocycles. The van der Waals surface area contributed by atoms with E-state index < -0.39 is 0 Å². The van der Waals surface area contributed by atoms with Crippen molar-refractivity contribution < 1.29 is 19.4 Å². The summed E-state index contributed by atoms with van der Waals surface area (Å²) in [6, 6.07) is 9.60. The summed E-state index contributed by atoms with van der Waals surface area (Å²) in [5, 5.41) is 19.6. The Kier molecular flexibility index (Phi) is 5.51. The summed E-state index contributed by atoms with van der Waals surface area (Å²) < 4.78 is 5.44. The first-order chi connectivity index (χ1) is 13.5. The average molecular weight is 394 g/mol. The second kappa shape index (κ2) is 7.74. The molecule has 152 valence electrons. The zero-order valence-electron chi connectivity index (χ0n) is 17.2. The fourth-order valence-corrected chi connectivity index (χ4v) is 3.63. The fraction of sp³-hybridized carbons (Fsp3) is 0.333. The van der Waals surface area contributed by atoms with Crippen molar-refractivity contribution in [2.45, 2.75) is 40.5 Å². The number of phenolic OH excluding ortho intramolecular Hbond substituents is 2. The minimum absolute atomic E-state index is 0.0124. The van der Waals surface area contributed by atoms with Crippen LogP contribution in [-0.2, 0) is 11.2 Å². The normalized spacial score (nSPS) is 12.8. The molecule has 0 amide bonds. The molecule has 0 saturated heterocycles. The lowest BCUT2D eigenvalue weighted by molar-refractivity contribution is -0.122. The highest BCUT2D eigenvalue weighted by atomic mass is 16.3. The van der Waals surface area contributed by atoms with E-state index in [-0.39, 0.29) is 45.0 Å². The molecule has 3 rings (SSSR count). The van der Waals surface area contributed by atoms with Crippen LogP contribution < -0.4 is 5.43 Å². The maximum atomic E-state index is 12.8. The van der Waals surface area contributed by atoms with Gasteiger partial charge in [-0.15, -0.1) is 0 Å². The van der Waals surface area contributed by atoms with Crippen molar-refractivity contribution in [3.05, 3.63) is 58.4 Å². The molecule has 0 radical (unpaired) electrons. The minimum atomic E-state index is -0.383. The van der Waals surface area contributed by atoms with Crippen molar-refractivity contribution >= 4 is 16.8 Å². The molecule has 0 aliphatic carbocycles. The van der Waals surface area contributed by atoms with Crippen molar-refractivity contribution in [1.82, 2.24) is 0 Å². The number of ketones is 1. The van der Waals surface area contributed by atoms with Gasteiger partial charge < -0.3 is 14.6 Å². The van der Waals surface area contributed by atoms with Crippen molar-refractivity contribution in [1.29, 1.82) is 0 Å². The maximum absolute atomic E-state index is 12.8. The summed E-state index contributed by atoms with van der Waals surface area (Å²) in [7, 11) is 0. The Morgan fingerprint density at radius 2 is 1.76 bits per heavy atom. The van der Waals surface area contributed by atoms with Crippen LogP contribution in [0.15, 0.2) is 51.9 Å². The molecule has 2 N–H and O–H groups in total. The van der Waals surface area contributed by atoms with E-state index in [1.807, 2.05) is 19.1 Å². The molecule has 1 atom stereocenters. The third kappa shape index (κ3) is 4.67. The Balaban J connectivity index is 1.85. The van der Waals surface area contributed by atoms with Gasteiger partial charge in [0.05, 0.1) is 5.56 Å². The van der Waals surface area contributed by atoms with Gasteiger partial charge in [-0.1, -0.05) is 52.0 Å². The molecule has 0 aliphatic heterocycles. The first kappa shape index (κ1) is 20.6. The van der Waals surface area contributed by atoms with Gasteiger partial charge in [0.2, 0.25) is 5.43 Å². The highest BCUT2D eigenvalue weighted by Crippen LogP contribution is 2.30. The lowest BCUT2D eigenvalue weighted by Crippen LogP contribution is -2.20. The van der Waals surface area contributed by atoms with E-state index >= 15 is 0 Å². The van der Waals surface area contributed by atoms with Gasteiger partial charge in [0, 0.05) is 24.5 Å². The Labute approximate surface area is 169 Å². The number of hydrogen-bond acceptors (Lipinski definition) is 5. The van der Waals surface area contributed by atoms with Gasteiger partial charge in [-0.3, -0.25) is 9.59 Å². The number of rotatable bonds is 5. The molecule has 1 heterocycles. The minimum Gasteiger partial charge on any atom is -0.508 e. The van der Waals surface area contributed by atoms with Crippen LogP contribution in [0.4, 0.5) is 0 Å². The topological polar surface area (TPSA) is 87.7 Å². The van der Waals surface area contributed by atoms with Gasteiger partial charge in [0.25, 0.3) is 0 Å². The summed E-state index contributed by atoms with van der Waals surface area (Å²) in [5.74, 6) is -0.324. The molecular weight excluding hydrogens is 368 g/mol. The summed E-state index contributed by atoms with van der Waals surface area (Å²) in [6.07, 6.45) is 2.50. The molecule has 5 nitrogen and oxygen atoms in total. The second-order valence-electron chi connectivity index (χ2n) is 8.82. The van der Waals surface area contributed by atoms with Gasteiger partial charge >= 0.3 is 0 Å². The van der Waals surface area contributed by atoms with Crippen molar-refractivity contribution in [3.8, 4) is 22.6 Å². The quantitative estimate of drug-likeness (QED) is 0.632. The molecule has 1 unspecified atom stereocenters. The molecule has 0 aliphatic rings. The van der Waals surface area contributed by atoms with Crippen molar-refractivity contribution in [2.24, 2.45) is 11.3 Å². The van der Waals surface area contributed by atoms with Gasteiger partial charge in [0.1, 0.15) is 34.5 Å². The van der Waals surface area contributed by atoms with E-state index in [1.165, 1.54) is 12.3 Å². The van der Waals surface area contributed by atoms with E-state index in [4.69, 9.17) is 4.42 Å². The summed E-state index contributed by atoms with van der Waals surface area (Å²) in [6.45, 7) is 8.34. The zero-order chi connectivity index (χ0) is 21.3. The van der Waals surface area contributed by atoms with Crippen LogP contribution in [0.3, 0.4) is 0 Å². The van der Waals surface area contributed by atoms with Gasteiger partial charge in [-0.25, -0.2) is 0 Å². The van der Waals surface area contributed by atoms with Crippen molar-refractivity contribution in [3.63, 3.8) is 0 Å². The van der Waals surface area contributed by atoms with Gasteiger partial charge in [-0.05, 0) is 23.0 Å². The number of benzene rings is 2. The van der Waals surface area contributed by atoms with E-state index in [2.05, 4.69) is 20.8 Å². The first-order valence-corrected chi connectivity index (χ1v) is 9.64. The number of fused-ring (bicyclic) bond motifs is 1. The molecule has 3 aromatic rings. The Morgan fingerprint density at radius 3 is 2.38 bits per heavy atom. The zero-order valence-corrected chi connectivity index (χ0v) is 17.2. The maximum Gasteiger partial charge on any atom is 0.204 e. The Bertz CT molecular complexity index is 1100. The molecule has 0 saturated carbocycles. The molecule has 0 bridgehead atoms. The number of carbonyl (C=O) groups is 1. The monoisotopic (exact) mass is 394 g/mol. The SMILES string of the molecule is CC(CC(C)(C)C)C(=O)Cc1ccc(-c2coc3cc(O)cc(O)c3c2=O)cc1. The number of aromatic hydroxyl groups is 2. The van der Waals surface area contributed by atoms with E-state index in [1.54, 1.807) is 12.1 Å². The predicted molar refractivity (Wildman–Crippen MR) is 113 cm³/mol. The first-order valence-electron chi connectivity index (χ1n) is 9.64. The third-order valence-corrected chi connectivity index (χ3v) is 4.95. The van der Waals surface area contributed by atoms with Crippen molar-refractivity contribution in [2.75, 3.05) is 0 Å². The third-order valence-electron chi connectivity index (χ3n) is 4.95. The number of carbonyl (C=O) groups excluding carboxylic acids is 1. The van der Waals surface area contributed by atoms with Gasteiger partial charge in [0.15, 0.2) is 0 Å². The average Bonchev–Trinajstić information content (AvgIpc) is 2.61.